The molecule has 108 valence electrons. The molecular formula is C16H16FN3O. The highest BCUT2D eigenvalue weighted by molar-refractivity contribution is 5.60. The number of hydrogen-bond acceptors (Lipinski definition) is 4. The highest BCUT2D eigenvalue weighted by Gasteiger charge is 2.15. The second-order valence-corrected chi connectivity index (χ2v) is 4.52. The van der Waals surface area contributed by atoms with Gasteiger partial charge < -0.3 is 9.64 Å². The predicted molar refractivity (Wildman–Crippen MR) is 78.3 cm³/mol. The quantitative estimate of drug-likeness (QED) is 0.819. The average Bonchev–Trinajstić information content (AvgIpc) is 2.52. The zero-order valence-electron chi connectivity index (χ0n) is 11.8. The summed E-state index contributed by atoms with van der Waals surface area (Å²) in [7, 11) is 1.61. The topological polar surface area (TPSA) is 49.1 Å². The molecule has 21 heavy (non-hydrogen) atoms. The van der Waals surface area contributed by atoms with Crippen LogP contribution in [0.25, 0.3) is 0 Å². The molecule has 0 amide bonds. The summed E-state index contributed by atoms with van der Waals surface area (Å²) in [5.41, 5.74) is 1.61. The van der Waals surface area contributed by atoms with Gasteiger partial charge in [-0.1, -0.05) is 12.1 Å². The fraction of sp³-hybridized carbons (Fsp3) is 0.250. The van der Waals surface area contributed by atoms with Crippen LogP contribution in [-0.4, -0.2) is 25.2 Å². The predicted octanol–water partition coefficient (Wildman–Crippen LogP) is 2.75. The second-order valence-electron chi connectivity index (χ2n) is 4.52. The van der Waals surface area contributed by atoms with E-state index in [1.165, 1.54) is 6.07 Å². The smallest absolute Gasteiger partial charge is 0.143 e. The number of methoxy groups -OCH3 is 1. The van der Waals surface area contributed by atoms with Gasteiger partial charge in [-0.25, -0.2) is 4.39 Å². The number of rotatable bonds is 6. The average molecular weight is 285 g/mol. The molecule has 0 N–H and O–H groups in total. The Hall–Kier alpha value is -2.45. The van der Waals surface area contributed by atoms with Crippen molar-refractivity contribution < 1.29 is 9.13 Å². The lowest BCUT2D eigenvalue weighted by Gasteiger charge is -2.25. The largest absolute Gasteiger partial charge is 0.383 e. The van der Waals surface area contributed by atoms with Crippen LogP contribution in [0.5, 0.6) is 0 Å². The molecule has 5 heteroatoms. The molecule has 0 aliphatic carbocycles. The minimum Gasteiger partial charge on any atom is -0.383 e. The fourth-order valence-electron chi connectivity index (χ4n) is 2.09. The minimum absolute atomic E-state index is 0.0532. The van der Waals surface area contributed by atoms with Crippen molar-refractivity contribution in [1.29, 1.82) is 5.26 Å². The summed E-state index contributed by atoms with van der Waals surface area (Å²) < 4.78 is 18.9. The zero-order valence-corrected chi connectivity index (χ0v) is 11.8. The lowest BCUT2D eigenvalue weighted by atomic mass is 10.1. The van der Waals surface area contributed by atoms with Crippen molar-refractivity contribution in [2.45, 2.75) is 6.54 Å². The normalized spacial score (nSPS) is 10.1. The van der Waals surface area contributed by atoms with E-state index >= 15 is 0 Å². The Morgan fingerprint density at radius 3 is 2.86 bits per heavy atom. The molecule has 4 nitrogen and oxygen atoms in total. The molecule has 0 fully saturated rings. The highest BCUT2D eigenvalue weighted by Crippen LogP contribution is 2.24. The molecule has 2 aromatic rings. The molecule has 1 aromatic carbocycles. The lowest BCUT2D eigenvalue weighted by Crippen LogP contribution is -2.27. The van der Waals surface area contributed by atoms with Crippen molar-refractivity contribution in [3.63, 3.8) is 0 Å². The summed E-state index contributed by atoms with van der Waals surface area (Å²) in [4.78, 5) is 5.99. The molecule has 0 radical (unpaired) electrons. The highest BCUT2D eigenvalue weighted by atomic mass is 19.1. The number of nitriles is 1. The Balaban J connectivity index is 2.32. The van der Waals surface area contributed by atoms with Gasteiger partial charge in [0.15, 0.2) is 0 Å². The van der Waals surface area contributed by atoms with Gasteiger partial charge in [0.2, 0.25) is 0 Å². The van der Waals surface area contributed by atoms with Crippen LogP contribution in [0.2, 0.25) is 0 Å². The van der Waals surface area contributed by atoms with Crippen molar-refractivity contribution >= 4 is 5.69 Å². The third kappa shape index (κ3) is 3.77. The van der Waals surface area contributed by atoms with Gasteiger partial charge in [0.05, 0.1) is 12.3 Å². The van der Waals surface area contributed by atoms with Crippen LogP contribution in [0.1, 0.15) is 11.1 Å². The third-order valence-corrected chi connectivity index (χ3v) is 3.11. The van der Waals surface area contributed by atoms with Crippen LogP contribution in [0.4, 0.5) is 10.1 Å². The van der Waals surface area contributed by atoms with Gasteiger partial charge in [-0.2, -0.15) is 5.26 Å². The number of aromatic nitrogens is 1. The van der Waals surface area contributed by atoms with E-state index in [-0.39, 0.29) is 5.56 Å². The van der Waals surface area contributed by atoms with Crippen LogP contribution in [-0.2, 0) is 11.3 Å². The van der Waals surface area contributed by atoms with E-state index in [1.807, 2.05) is 23.1 Å². The molecule has 1 aromatic heterocycles. The van der Waals surface area contributed by atoms with Crippen molar-refractivity contribution in [2.24, 2.45) is 0 Å². The van der Waals surface area contributed by atoms with Gasteiger partial charge in [-0.3, -0.25) is 4.98 Å². The minimum atomic E-state index is -0.511. The first-order chi connectivity index (χ1) is 10.3. The Morgan fingerprint density at radius 1 is 1.33 bits per heavy atom. The Labute approximate surface area is 123 Å². The van der Waals surface area contributed by atoms with Gasteiger partial charge >= 0.3 is 0 Å². The summed E-state index contributed by atoms with van der Waals surface area (Å²) in [6, 6.07) is 10.4. The molecule has 1 heterocycles. The molecule has 0 saturated carbocycles. The van der Waals surface area contributed by atoms with Crippen LogP contribution in [0.3, 0.4) is 0 Å². The number of pyridine rings is 1. The SMILES string of the molecule is COCCN(Cc1cccnc1)c1cccc(F)c1C#N. The maximum absolute atomic E-state index is 13.8. The van der Waals surface area contributed by atoms with Crippen molar-refractivity contribution in [3.05, 3.63) is 59.7 Å². The summed E-state index contributed by atoms with van der Waals surface area (Å²) in [6.07, 6.45) is 3.46. The first-order valence-corrected chi connectivity index (χ1v) is 6.57. The van der Waals surface area contributed by atoms with E-state index in [4.69, 9.17) is 4.74 Å². The lowest BCUT2D eigenvalue weighted by molar-refractivity contribution is 0.205. The summed E-state index contributed by atoms with van der Waals surface area (Å²) in [6.45, 7) is 1.58. The Bertz CT molecular complexity index is 625. The number of ether oxygens (including phenoxy) is 1. The molecular weight excluding hydrogens is 269 g/mol. The third-order valence-electron chi connectivity index (χ3n) is 3.11. The molecule has 0 aliphatic rings. The van der Waals surface area contributed by atoms with Crippen LogP contribution in [0.15, 0.2) is 42.7 Å². The van der Waals surface area contributed by atoms with Gasteiger partial charge in [0, 0.05) is 32.6 Å². The number of benzene rings is 1. The van der Waals surface area contributed by atoms with Crippen LogP contribution < -0.4 is 4.90 Å². The summed E-state index contributed by atoms with van der Waals surface area (Å²) in [5, 5.41) is 9.18. The fourth-order valence-corrected chi connectivity index (χ4v) is 2.09. The van der Waals surface area contributed by atoms with Gasteiger partial charge in [0.1, 0.15) is 17.4 Å². The van der Waals surface area contributed by atoms with E-state index in [2.05, 4.69) is 4.98 Å². The monoisotopic (exact) mass is 285 g/mol. The maximum Gasteiger partial charge on any atom is 0.143 e. The molecule has 2 rings (SSSR count). The number of hydrogen-bond donors (Lipinski definition) is 0. The van der Waals surface area contributed by atoms with E-state index < -0.39 is 5.82 Å². The van der Waals surface area contributed by atoms with Crippen LogP contribution >= 0.6 is 0 Å². The van der Waals surface area contributed by atoms with Crippen LogP contribution in [0, 0.1) is 17.1 Å². The standard InChI is InChI=1S/C16H16FN3O/c1-21-9-8-20(12-13-4-3-7-19-11-13)16-6-2-5-15(17)14(16)10-18/h2-7,11H,8-9,12H2,1H3. The zero-order chi connectivity index (χ0) is 15.1. The van der Waals surface area contributed by atoms with Gasteiger partial charge in [-0.15, -0.1) is 0 Å². The number of nitrogens with zero attached hydrogens (tertiary/aromatic N) is 3. The molecule has 0 unspecified atom stereocenters. The number of halogens is 1. The first-order valence-electron chi connectivity index (χ1n) is 6.57. The molecule has 0 aliphatic heterocycles. The van der Waals surface area contributed by atoms with Gasteiger partial charge in [-0.05, 0) is 23.8 Å². The molecule has 0 atom stereocenters. The van der Waals surface area contributed by atoms with Crippen molar-refractivity contribution in [3.8, 4) is 6.07 Å². The molecule has 0 saturated heterocycles. The maximum atomic E-state index is 13.8. The summed E-state index contributed by atoms with van der Waals surface area (Å²) >= 11 is 0. The summed E-state index contributed by atoms with van der Waals surface area (Å²) in [5.74, 6) is -0.511. The van der Waals surface area contributed by atoms with Crippen molar-refractivity contribution in [2.75, 3.05) is 25.2 Å². The van der Waals surface area contributed by atoms with Crippen molar-refractivity contribution in [1.82, 2.24) is 4.98 Å². The number of anilines is 1. The van der Waals surface area contributed by atoms with E-state index in [0.29, 0.717) is 25.4 Å². The Kier molecular flexibility index (Phi) is 5.24. The first kappa shape index (κ1) is 14.9. The Morgan fingerprint density at radius 2 is 2.19 bits per heavy atom. The molecule has 0 bridgehead atoms. The van der Waals surface area contributed by atoms with E-state index in [0.717, 1.165) is 5.56 Å². The van der Waals surface area contributed by atoms with Gasteiger partial charge in [0.25, 0.3) is 0 Å². The van der Waals surface area contributed by atoms with E-state index in [9.17, 15) is 9.65 Å². The molecule has 0 spiro atoms. The van der Waals surface area contributed by atoms with E-state index in [1.54, 1.807) is 31.6 Å². The second kappa shape index (κ2) is 7.36.